The number of esters is 5. The molecule has 0 radical (unpaired) electrons. The highest BCUT2D eigenvalue weighted by Gasteiger charge is 2.21. The van der Waals surface area contributed by atoms with Crippen LogP contribution in [-0.4, -0.2) is 184 Å². The molecule has 0 fully saturated rings. The van der Waals surface area contributed by atoms with E-state index in [2.05, 4.69) is 53.7 Å². The highest BCUT2D eigenvalue weighted by molar-refractivity contribution is 5.92. The molecule has 20 heteroatoms. The van der Waals surface area contributed by atoms with Crippen LogP contribution < -0.4 is 0 Å². The summed E-state index contributed by atoms with van der Waals surface area (Å²) in [6.45, 7) is 32.9. The zero-order valence-corrected chi connectivity index (χ0v) is 40.0. The molecule has 362 valence electrons. The number of ether oxygens (including phenoxy) is 5. The van der Waals surface area contributed by atoms with Gasteiger partial charge >= 0.3 is 29.8 Å². The summed E-state index contributed by atoms with van der Waals surface area (Å²) in [5, 5.41) is 0. The molecule has 20 nitrogen and oxygen atoms in total. The third kappa shape index (κ3) is 34.8. The second-order valence-electron chi connectivity index (χ2n) is 13.2. The fourth-order valence-corrected chi connectivity index (χ4v) is 3.53. The maximum Gasteiger partial charge on any atom is 0.333 e. The lowest BCUT2D eigenvalue weighted by atomic mass is 10.3. The van der Waals surface area contributed by atoms with Gasteiger partial charge in [-0.3, -0.25) is 38.4 Å². The van der Waals surface area contributed by atoms with Crippen molar-refractivity contribution in [1.29, 1.82) is 0 Å². The number of nitrogens with zero attached hydrogens (tertiary/aromatic N) is 5. The summed E-state index contributed by atoms with van der Waals surface area (Å²) in [6, 6.07) is -0.615. The molecule has 0 aliphatic rings. The van der Waals surface area contributed by atoms with Gasteiger partial charge in [-0.05, 0) is 78.8 Å². The van der Waals surface area contributed by atoms with Gasteiger partial charge in [-0.25, -0.2) is 9.59 Å². The summed E-state index contributed by atoms with van der Waals surface area (Å²) in [6.07, 6.45) is 5.69. The summed E-state index contributed by atoms with van der Waals surface area (Å²) >= 11 is 0. The predicted molar refractivity (Wildman–Crippen MR) is 241 cm³/mol. The van der Waals surface area contributed by atoms with E-state index in [1.54, 1.807) is 41.7 Å². The average molecular weight is 910 g/mol. The molecule has 0 bridgehead atoms. The lowest BCUT2D eigenvalue weighted by Gasteiger charge is -2.24. The molecule has 0 saturated carbocycles. The molecule has 0 spiro atoms. The Hall–Kier alpha value is -6.86. The first-order valence-corrected chi connectivity index (χ1v) is 19.4. The van der Waals surface area contributed by atoms with Gasteiger partial charge < -0.3 is 48.2 Å². The van der Waals surface area contributed by atoms with E-state index >= 15 is 0 Å². The number of likely N-dealkylation sites (N-methyl/N-ethyl adjacent to an activating group) is 4. The van der Waals surface area contributed by atoms with Crippen LogP contribution in [0.3, 0.4) is 0 Å². The monoisotopic (exact) mass is 909 g/mol. The summed E-state index contributed by atoms with van der Waals surface area (Å²) in [7, 11) is 8.70. The molecule has 0 aliphatic heterocycles. The van der Waals surface area contributed by atoms with Crippen LogP contribution in [0.15, 0.2) is 75.4 Å². The molecule has 0 aliphatic carbocycles. The molecule has 0 aromatic rings. The van der Waals surface area contributed by atoms with Crippen molar-refractivity contribution < 1.29 is 71.6 Å². The van der Waals surface area contributed by atoms with E-state index in [1.165, 1.54) is 72.0 Å². The predicted octanol–water partition coefficient (Wildman–Crippen LogP) is 2.30. The number of amides is 5. The second-order valence-corrected chi connectivity index (χ2v) is 13.2. The van der Waals surface area contributed by atoms with E-state index in [9.17, 15) is 47.9 Å². The summed E-state index contributed by atoms with van der Waals surface area (Å²) in [4.78, 5) is 116. The second kappa shape index (κ2) is 39.0. The summed E-state index contributed by atoms with van der Waals surface area (Å²) < 4.78 is 23.2. The molecule has 0 N–H and O–H groups in total. The Morgan fingerprint density at radius 2 is 0.984 bits per heavy atom. The van der Waals surface area contributed by atoms with Gasteiger partial charge in [-0.15, -0.1) is 0 Å². The van der Waals surface area contributed by atoms with Gasteiger partial charge in [-0.2, -0.15) is 0 Å². The van der Waals surface area contributed by atoms with Gasteiger partial charge in [0.25, 0.3) is 0 Å². The lowest BCUT2D eigenvalue weighted by molar-refractivity contribution is -0.152. The molecular weight excluding hydrogens is 839 g/mol. The summed E-state index contributed by atoms with van der Waals surface area (Å²) in [5.74, 6) is -3.46. The van der Waals surface area contributed by atoms with E-state index in [1.807, 2.05) is 13.8 Å². The van der Waals surface area contributed by atoms with Crippen molar-refractivity contribution in [3.05, 3.63) is 75.4 Å². The highest BCUT2D eigenvalue weighted by atomic mass is 16.5. The average Bonchev–Trinajstić information content (AvgIpc) is 3.25. The van der Waals surface area contributed by atoms with Crippen LogP contribution in [0.2, 0.25) is 0 Å². The molecule has 64 heavy (non-hydrogen) atoms. The van der Waals surface area contributed by atoms with Crippen molar-refractivity contribution in [2.24, 2.45) is 0 Å². The van der Waals surface area contributed by atoms with Gasteiger partial charge in [0, 0.05) is 39.8 Å². The smallest absolute Gasteiger partial charge is 0.333 e. The van der Waals surface area contributed by atoms with Crippen molar-refractivity contribution in [2.75, 3.05) is 81.8 Å². The highest BCUT2D eigenvalue weighted by Crippen LogP contribution is 2.02. The van der Waals surface area contributed by atoms with Gasteiger partial charge in [0.1, 0.15) is 32.3 Å². The molecule has 0 aromatic heterocycles. The van der Waals surface area contributed by atoms with Crippen LogP contribution in [0.1, 0.15) is 48.5 Å². The lowest BCUT2D eigenvalue weighted by Crippen LogP contribution is -2.40. The van der Waals surface area contributed by atoms with Crippen molar-refractivity contribution in [1.82, 2.24) is 24.5 Å². The quantitative estimate of drug-likeness (QED) is 0.0969. The summed E-state index contributed by atoms with van der Waals surface area (Å²) in [5.41, 5.74) is 0.350. The van der Waals surface area contributed by atoms with Gasteiger partial charge in [0.05, 0.1) is 33.5 Å². The topological polar surface area (TPSA) is 233 Å². The zero-order valence-electron chi connectivity index (χ0n) is 40.0. The molecule has 0 heterocycles. The standard InChI is InChI=1S/C11H19NO3.C10H15NO3.2C8H13NO3.C7H11NO3/c1-6-10(13)12(8(2)3)7-11(14)15-9(4)5;1-5-9(12)11(4)6-7-14-10(13)8(2)3;1-5-7(10)9(3)6(2)8(11)12-4;1-4-7(10)9(3)6-8(11)12-5-2;1-4-6(9)8(2)5-7(10)11-3/h6,8-9H,1,7H2,2-5H3;5H,1-2,6-7H2,3-4H3;5-6H,1H2,2-4H3;4H,1,5-6H2,2-3H3;4H,1,5H2,2-3H3. The molecule has 1 atom stereocenters. The number of hydrogen-bond donors (Lipinski definition) is 0. The normalized spacial score (nSPS) is 9.67. The largest absolute Gasteiger partial charge is 0.468 e. The van der Waals surface area contributed by atoms with Crippen LogP contribution in [0.5, 0.6) is 0 Å². The fourth-order valence-electron chi connectivity index (χ4n) is 3.53. The SMILES string of the molecule is C=CC(=O)N(C)C(C)C(=O)OC.C=CC(=O)N(C)CC(=O)OC.C=CC(=O)N(C)CC(=O)OCC.C=CC(=O)N(C)CCOC(=O)C(=C)C.C=CC(=O)N(CC(=O)OC(C)C)C(C)C. The van der Waals surface area contributed by atoms with Crippen LogP contribution in [0.4, 0.5) is 0 Å². The zero-order chi connectivity index (χ0) is 51.3. The molecule has 0 saturated heterocycles. The first-order chi connectivity index (χ1) is 29.6. The third-order valence-electron chi connectivity index (χ3n) is 7.32. The van der Waals surface area contributed by atoms with Crippen LogP contribution in [-0.2, 0) is 71.6 Å². The maximum absolute atomic E-state index is 11.4. The molecule has 0 aromatic carbocycles. The molecule has 0 rings (SSSR count). The van der Waals surface area contributed by atoms with E-state index in [0.717, 1.165) is 18.2 Å². The van der Waals surface area contributed by atoms with E-state index < -0.39 is 35.9 Å². The third-order valence-corrected chi connectivity index (χ3v) is 7.32. The molecule has 5 amide bonds. The Morgan fingerprint density at radius 3 is 1.33 bits per heavy atom. The number of rotatable bonds is 20. The first kappa shape index (κ1) is 66.2. The van der Waals surface area contributed by atoms with E-state index in [-0.39, 0.29) is 67.9 Å². The molecule has 1 unspecified atom stereocenters. The maximum atomic E-state index is 11.4. The van der Waals surface area contributed by atoms with Crippen molar-refractivity contribution in [3.63, 3.8) is 0 Å². The number of carbonyl (C=O) groups excluding carboxylic acids is 10. The Morgan fingerprint density at radius 1 is 0.562 bits per heavy atom. The van der Waals surface area contributed by atoms with Gasteiger partial charge in [-0.1, -0.05) is 39.5 Å². The minimum atomic E-state index is -0.569. The fraction of sp³-hybridized carbons (Fsp3) is 0.500. The van der Waals surface area contributed by atoms with Crippen molar-refractivity contribution in [2.45, 2.75) is 66.7 Å². The number of carbonyl (C=O) groups is 10. The minimum Gasteiger partial charge on any atom is -0.468 e. The van der Waals surface area contributed by atoms with Gasteiger partial charge in [0.15, 0.2) is 0 Å². The number of methoxy groups -OCH3 is 2. The van der Waals surface area contributed by atoms with Crippen LogP contribution in [0.25, 0.3) is 0 Å². The number of hydrogen-bond acceptors (Lipinski definition) is 15. The van der Waals surface area contributed by atoms with E-state index in [4.69, 9.17) is 9.47 Å². The minimum absolute atomic E-state index is 0.0271. The van der Waals surface area contributed by atoms with Crippen LogP contribution in [0, 0.1) is 0 Å². The van der Waals surface area contributed by atoms with Crippen molar-refractivity contribution in [3.8, 4) is 0 Å². The molecular formula is C44H71N5O15. The Bertz CT molecular complexity index is 1610. The Labute approximate surface area is 378 Å². The van der Waals surface area contributed by atoms with Crippen molar-refractivity contribution >= 4 is 59.4 Å². The Balaban J connectivity index is -0.000000228. The van der Waals surface area contributed by atoms with E-state index in [0.29, 0.717) is 18.7 Å². The van der Waals surface area contributed by atoms with Crippen LogP contribution >= 0.6 is 0 Å². The Kier molecular flexibility index (Phi) is 40.4. The van der Waals surface area contributed by atoms with Gasteiger partial charge in [0.2, 0.25) is 29.5 Å². The first-order valence-electron chi connectivity index (χ1n) is 19.4.